The van der Waals surface area contributed by atoms with Gasteiger partial charge in [0.25, 0.3) is 0 Å². The molecule has 2 heterocycles. The first-order valence-electron chi connectivity index (χ1n) is 5.76. The van der Waals surface area contributed by atoms with Gasteiger partial charge < -0.3 is 5.32 Å². The number of hydrogen-bond donors (Lipinski definition) is 1. The molecule has 0 spiro atoms. The van der Waals surface area contributed by atoms with Crippen molar-refractivity contribution in [3.8, 4) is 0 Å². The van der Waals surface area contributed by atoms with E-state index < -0.39 is 0 Å². The second-order valence-electron chi connectivity index (χ2n) is 4.77. The summed E-state index contributed by atoms with van der Waals surface area (Å²) in [7, 11) is 0. The molecule has 0 unspecified atom stereocenters. The Morgan fingerprint density at radius 1 is 1.50 bits per heavy atom. The first kappa shape index (κ1) is 11.7. The van der Waals surface area contributed by atoms with Crippen molar-refractivity contribution in [2.45, 2.75) is 33.1 Å². The van der Waals surface area contributed by atoms with Crippen molar-refractivity contribution in [1.82, 2.24) is 5.32 Å². The molecular weight excluding hydrogens is 218 g/mol. The van der Waals surface area contributed by atoms with Crippen LogP contribution in [0.2, 0.25) is 0 Å². The van der Waals surface area contributed by atoms with Crippen LogP contribution in [0.3, 0.4) is 0 Å². The van der Waals surface area contributed by atoms with Crippen molar-refractivity contribution in [1.29, 1.82) is 0 Å². The van der Waals surface area contributed by atoms with Crippen LogP contribution >= 0.6 is 11.8 Å². The molecule has 0 radical (unpaired) electrons. The summed E-state index contributed by atoms with van der Waals surface area (Å²) in [6.45, 7) is 9.64. The zero-order valence-corrected chi connectivity index (χ0v) is 11.1. The van der Waals surface area contributed by atoms with Crippen LogP contribution in [0.15, 0.2) is 20.5 Å². The second-order valence-corrected chi connectivity index (χ2v) is 6.10. The lowest BCUT2D eigenvalue weighted by Gasteiger charge is -2.24. The van der Waals surface area contributed by atoms with Crippen LogP contribution in [0.4, 0.5) is 0 Å². The van der Waals surface area contributed by atoms with E-state index >= 15 is 0 Å². The van der Waals surface area contributed by atoms with E-state index in [-0.39, 0.29) is 0 Å². The Labute approximate surface area is 102 Å². The molecule has 0 bridgehead atoms. The lowest BCUT2D eigenvalue weighted by Crippen LogP contribution is -2.39. The van der Waals surface area contributed by atoms with E-state index in [1.54, 1.807) is 6.34 Å². The number of nitrogens with zero attached hydrogens (tertiary/aromatic N) is 2. The van der Waals surface area contributed by atoms with Gasteiger partial charge in [0.15, 0.2) is 0 Å². The Morgan fingerprint density at radius 2 is 2.25 bits per heavy atom. The molecule has 3 nitrogen and oxygen atoms in total. The largest absolute Gasteiger partial charge is 0.335 e. The summed E-state index contributed by atoms with van der Waals surface area (Å²) >= 11 is 1.86. The molecule has 0 aromatic rings. The Bertz CT molecular complexity index is 368. The van der Waals surface area contributed by atoms with Gasteiger partial charge in [-0.2, -0.15) is 0 Å². The first-order valence-corrected chi connectivity index (χ1v) is 6.64. The predicted molar refractivity (Wildman–Crippen MR) is 72.0 cm³/mol. The van der Waals surface area contributed by atoms with Crippen LogP contribution in [0.1, 0.15) is 27.7 Å². The average molecular weight is 237 g/mol. The number of nitrogens with one attached hydrogen (secondary N) is 1. The molecule has 0 fully saturated rings. The highest BCUT2D eigenvalue weighted by Gasteiger charge is 2.36. The SMILES string of the molecule is CC1=C(C)[C@@H]2C(=NCC(C)C)NC=N[C@@H]2S1. The maximum atomic E-state index is 4.68. The van der Waals surface area contributed by atoms with Gasteiger partial charge in [0.05, 0.1) is 12.3 Å². The van der Waals surface area contributed by atoms with Crippen molar-refractivity contribution < 1.29 is 0 Å². The van der Waals surface area contributed by atoms with Gasteiger partial charge in [0, 0.05) is 6.54 Å². The van der Waals surface area contributed by atoms with Crippen molar-refractivity contribution in [3.63, 3.8) is 0 Å². The Hall–Kier alpha value is -0.770. The van der Waals surface area contributed by atoms with Crippen LogP contribution < -0.4 is 5.32 Å². The average Bonchev–Trinajstić information content (AvgIpc) is 2.52. The summed E-state index contributed by atoms with van der Waals surface area (Å²) in [6.07, 6.45) is 1.79. The number of rotatable bonds is 2. The number of amidine groups is 1. The van der Waals surface area contributed by atoms with E-state index in [1.807, 2.05) is 11.8 Å². The molecule has 2 aliphatic heterocycles. The van der Waals surface area contributed by atoms with Crippen molar-refractivity contribution in [2.75, 3.05) is 6.54 Å². The van der Waals surface area contributed by atoms with Crippen molar-refractivity contribution >= 4 is 23.9 Å². The van der Waals surface area contributed by atoms with Gasteiger partial charge in [0.1, 0.15) is 11.2 Å². The molecule has 88 valence electrons. The highest BCUT2D eigenvalue weighted by Crippen LogP contribution is 2.43. The number of hydrogen-bond acceptors (Lipinski definition) is 3. The molecule has 0 saturated heterocycles. The van der Waals surface area contributed by atoms with E-state index in [2.05, 4.69) is 43.0 Å². The molecule has 2 rings (SSSR count). The van der Waals surface area contributed by atoms with Crippen LogP contribution in [-0.4, -0.2) is 24.1 Å². The second kappa shape index (κ2) is 4.62. The summed E-state index contributed by atoms with van der Waals surface area (Å²) in [5.41, 5.74) is 1.42. The molecular formula is C12H19N3S. The highest BCUT2D eigenvalue weighted by molar-refractivity contribution is 8.04. The Balaban J connectivity index is 2.21. The first-order chi connectivity index (χ1) is 7.59. The normalized spacial score (nSPS) is 31.2. The zero-order valence-electron chi connectivity index (χ0n) is 10.3. The molecule has 0 saturated carbocycles. The molecule has 16 heavy (non-hydrogen) atoms. The number of allylic oxidation sites excluding steroid dienone is 1. The van der Waals surface area contributed by atoms with Gasteiger partial charge >= 0.3 is 0 Å². The number of aliphatic imine (C=N–C) groups is 2. The quantitative estimate of drug-likeness (QED) is 0.801. The maximum absolute atomic E-state index is 4.68. The highest BCUT2D eigenvalue weighted by atomic mass is 32.2. The van der Waals surface area contributed by atoms with Crippen LogP contribution in [-0.2, 0) is 0 Å². The van der Waals surface area contributed by atoms with E-state index in [1.165, 1.54) is 10.5 Å². The van der Waals surface area contributed by atoms with Gasteiger partial charge in [-0.1, -0.05) is 19.4 Å². The number of fused-ring (bicyclic) bond motifs is 1. The van der Waals surface area contributed by atoms with E-state index in [9.17, 15) is 0 Å². The van der Waals surface area contributed by atoms with Crippen LogP contribution in [0, 0.1) is 11.8 Å². The summed E-state index contributed by atoms with van der Waals surface area (Å²) in [5.74, 6) is 2.07. The van der Waals surface area contributed by atoms with Crippen LogP contribution in [0.25, 0.3) is 0 Å². The molecule has 2 aliphatic rings. The monoisotopic (exact) mass is 237 g/mol. The fraction of sp³-hybridized carbons (Fsp3) is 0.667. The minimum atomic E-state index is 0.312. The minimum absolute atomic E-state index is 0.312. The van der Waals surface area contributed by atoms with Gasteiger partial charge in [-0.25, -0.2) is 0 Å². The predicted octanol–water partition coefficient (Wildman–Crippen LogP) is 2.66. The fourth-order valence-electron chi connectivity index (χ4n) is 1.92. The van der Waals surface area contributed by atoms with Crippen molar-refractivity contribution in [2.24, 2.45) is 21.8 Å². The summed E-state index contributed by atoms with van der Waals surface area (Å²) in [4.78, 5) is 10.5. The standard InChI is InChI=1S/C12H19N3S/c1-7(2)5-13-11-10-8(3)9(4)16-12(10)15-6-14-11/h6-7,10,12H,5H2,1-4H3,(H,13,14,15)/t10-,12-/m1/s1. The van der Waals surface area contributed by atoms with Gasteiger partial charge in [-0.3, -0.25) is 9.98 Å². The Kier molecular flexibility index (Phi) is 3.38. The third-order valence-corrected chi connectivity index (χ3v) is 4.27. The molecule has 0 amide bonds. The Morgan fingerprint density at radius 3 is 2.94 bits per heavy atom. The smallest absolute Gasteiger partial charge is 0.115 e. The molecule has 0 aliphatic carbocycles. The third kappa shape index (κ3) is 2.17. The summed E-state index contributed by atoms with van der Waals surface area (Å²) in [5, 5.41) is 3.52. The lowest BCUT2D eigenvalue weighted by atomic mass is 9.98. The maximum Gasteiger partial charge on any atom is 0.115 e. The van der Waals surface area contributed by atoms with E-state index in [4.69, 9.17) is 0 Å². The molecule has 0 aromatic carbocycles. The number of thioether (sulfide) groups is 1. The van der Waals surface area contributed by atoms with Gasteiger partial charge in [-0.05, 0) is 24.7 Å². The summed E-state index contributed by atoms with van der Waals surface area (Å²) < 4.78 is 0. The zero-order chi connectivity index (χ0) is 11.7. The summed E-state index contributed by atoms with van der Waals surface area (Å²) in [6, 6.07) is 0. The molecule has 2 atom stereocenters. The molecule has 1 N–H and O–H groups in total. The molecule has 4 heteroatoms. The van der Waals surface area contributed by atoms with Crippen molar-refractivity contribution in [3.05, 3.63) is 10.5 Å². The minimum Gasteiger partial charge on any atom is -0.335 e. The van der Waals surface area contributed by atoms with Gasteiger partial charge in [-0.15, -0.1) is 11.8 Å². The lowest BCUT2D eigenvalue weighted by molar-refractivity contribution is 0.652. The van der Waals surface area contributed by atoms with E-state index in [0.29, 0.717) is 17.2 Å². The van der Waals surface area contributed by atoms with Gasteiger partial charge in [0.2, 0.25) is 0 Å². The molecule has 0 aromatic heterocycles. The topological polar surface area (TPSA) is 36.8 Å². The van der Waals surface area contributed by atoms with E-state index in [0.717, 1.165) is 12.4 Å². The fourth-order valence-corrected chi connectivity index (χ4v) is 3.19. The third-order valence-electron chi connectivity index (χ3n) is 2.96. The van der Waals surface area contributed by atoms with Crippen LogP contribution in [0.5, 0.6) is 0 Å².